The lowest BCUT2D eigenvalue weighted by Crippen LogP contribution is -2.48. The van der Waals surface area contributed by atoms with Crippen molar-refractivity contribution in [2.45, 2.75) is 46.0 Å². The van der Waals surface area contributed by atoms with Crippen LogP contribution in [-0.4, -0.2) is 28.3 Å². The van der Waals surface area contributed by atoms with Gasteiger partial charge in [0.05, 0.1) is 16.5 Å². The number of rotatable bonds is 2. The second-order valence-corrected chi connectivity index (χ2v) is 7.20. The van der Waals surface area contributed by atoms with Crippen LogP contribution in [0.5, 0.6) is 0 Å². The predicted molar refractivity (Wildman–Crippen MR) is 77.8 cm³/mol. The van der Waals surface area contributed by atoms with Crippen LogP contribution in [0.25, 0.3) is 0 Å². The Morgan fingerprint density at radius 1 is 1.50 bits per heavy atom. The van der Waals surface area contributed by atoms with E-state index in [-0.39, 0.29) is 5.41 Å². The summed E-state index contributed by atoms with van der Waals surface area (Å²) in [4.78, 5) is 7.70. The summed E-state index contributed by atoms with van der Waals surface area (Å²) in [6.45, 7) is 9.74. The summed E-state index contributed by atoms with van der Waals surface area (Å²) in [6, 6.07) is 0.347. The van der Waals surface area contributed by atoms with E-state index in [2.05, 4.69) is 37.6 Å². The molecule has 100 valence electrons. The van der Waals surface area contributed by atoms with Gasteiger partial charge < -0.3 is 4.90 Å². The Bertz CT molecular complexity index is 461. The van der Waals surface area contributed by atoms with Crippen LogP contribution < -0.4 is 0 Å². The Hall–Kier alpha value is -0.610. The van der Waals surface area contributed by atoms with Crippen LogP contribution in [0.2, 0.25) is 0 Å². The van der Waals surface area contributed by atoms with E-state index < -0.39 is 0 Å². The number of amidine groups is 1. The molecule has 0 bridgehead atoms. The van der Waals surface area contributed by atoms with E-state index in [4.69, 9.17) is 17.0 Å². The molecule has 3 nitrogen and oxygen atoms in total. The van der Waals surface area contributed by atoms with Crippen LogP contribution in [0.3, 0.4) is 0 Å². The molecule has 18 heavy (non-hydrogen) atoms. The Kier molecular flexibility index (Phi) is 3.70. The first-order chi connectivity index (χ1) is 8.34. The van der Waals surface area contributed by atoms with Crippen molar-refractivity contribution in [1.82, 2.24) is 9.88 Å². The molecule has 0 spiro atoms. The van der Waals surface area contributed by atoms with Crippen molar-refractivity contribution in [3.05, 3.63) is 15.6 Å². The number of halogens is 1. The third-order valence-electron chi connectivity index (χ3n) is 3.67. The molecular formula is C13H20ClN3S. The van der Waals surface area contributed by atoms with Crippen LogP contribution in [-0.2, 0) is 12.3 Å². The fourth-order valence-corrected chi connectivity index (χ4v) is 3.28. The van der Waals surface area contributed by atoms with Crippen molar-refractivity contribution in [2.24, 2.45) is 5.41 Å². The standard InChI is InChI=1S/C13H20ClN3S/c1-8(13(2,3)4)17-6-5-9-11(12(17)15)18-10(7-14)16-9/h8,15H,5-7H2,1-4H3/t8-/m1/s1. The van der Waals surface area contributed by atoms with E-state index in [9.17, 15) is 0 Å². The van der Waals surface area contributed by atoms with Gasteiger partial charge in [0.1, 0.15) is 10.8 Å². The third kappa shape index (κ3) is 2.41. The van der Waals surface area contributed by atoms with Crippen molar-refractivity contribution >= 4 is 28.8 Å². The topological polar surface area (TPSA) is 40.0 Å². The highest BCUT2D eigenvalue weighted by Crippen LogP contribution is 2.31. The van der Waals surface area contributed by atoms with Gasteiger partial charge in [-0.3, -0.25) is 5.41 Å². The van der Waals surface area contributed by atoms with E-state index in [1.807, 2.05) is 0 Å². The van der Waals surface area contributed by atoms with E-state index >= 15 is 0 Å². The second-order valence-electron chi connectivity index (χ2n) is 5.85. The summed E-state index contributed by atoms with van der Waals surface area (Å²) < 4.78 is 0. The van der Waals surface area contributed by atoms with E-state index in [1.165, 1.54) is 0 Å². The monoisotopic (exact) mass is 285 g/mol. The van der Waals surface area contributed by atoms with Crippen LogP contribution in [0.1, 0.15) is 43.3 Å². The number of nitrogens with zero attached hydrogens (tertiary/aromatic N) is 2. The van der Waals surface area contributed by atoms with E-state index in [0.29, 0.717) is 17.8 Å². The smallest absolute Gasteiger partial charge is 0.140 e. The lowest BCUT2D eigenvalue weighted by molar-refractivity contribution is 0.181. The molecular weight excluding hydrogens is 266 g/mol. The van der Waals surface area contributed by atoms with Gasteiger partial charge in [0.2, 0.25) is 0 Å². The minimum absolute atomic E-state index is 0.170. The molecule has 0 fully saturated rings. The molecule has 2 rings (SSSR count). The molecule has 1 aliphatic rings. The maximum Gasteiger partial charge on any atom is 0.140 e. The lowest BCUT2D eigenvalue weighted by atomic mass is 9.86. The maximum atomic E-state index is 8.38. The van der Waals surface area contributed by atoms with Gasteiger partial charge in [-0.15, -0.1) is 22.9 Å². The molecule has 1 aliphatic heterocycles. The van der Waals surface area contributed by atoms with Crippen molar-refractivity contribution in [3.8, 4) is 0 Å². The van der Waals surface area contributed by atoms with Gasteiger partial charge in [-0.25, -0.2) is 4.98 Å². The minimum atomic E-state index is 0.170. The zero-order valence-corrected chi connectivity index (χ0v) is 13.0. The second kappa shape index (κ2) is 4.82. The summed E-state index contributed by atoms with van der Waals surface area (Å²) in [5, 5.41) is 9.31. The third-order valence-corrected chi connectivity index (χ3v) is 5.18. The highest BCUT2D eigenvalue weighted by Gasteiger charge is 2.33. The van der Waals surface area contributed by atoms with Crippen molar-refractivity contribution in [2.75, 3.05) is 6.54 Å². The summed E-state index contributed by atoms with van der Waals surface area (Å²) in [5.41, 5.74) is 1.22. The molecule has 0 saturated carbocycles. The Morgan fingerprint density at radius 3 is 2.72 bits per heavy atom. The summed E-state index contributed by atoms with van der Waals surface area (Å²) in [7, 11) is 0. The normalized spacial score (nSPS) is 17.8. The molecule has 0 aliphatic carbocycles. The number of fused-ring (bicyclic) bond motifs is 1. The molecule has 1 N–H and O–H groups in total. The van der Waals surface area contributed by atoms with Crippen molar-refractivity contribution in [3.63, 3.8) is 0 Å². The highest BCUT2D eigenvalue weighted by molar-refractivity contribution is 7.14. The Morgan fingerprint density at radius 2 is 2.17 bits per heavy atom. The van der Waals surface area contributed by atoms with Crippen molar-refractivity contribution < 1.29 is 0 Å². The van der Waals surface area contributed by atoms with Crippen molar-refractivity contribution in [1.29, 1.82) is 5.41 Å². The largest absolute Gasteiger partial charge is 0.352 e. The average molecular weight is 286 g/mol. The quantitative estimate of drug-likeness (QED) is 0.845. The number of hydrogen-bond donors (Lipinski definition) is 1. The number of hydrogen-bond acceptors (Lipinski definition) is 3. The first kappa shape index (κ1) is 13.8. The summed E-state index contributed by atoms with van der Waals surface area (Å²) >= 11 is 7.40. The highest BCUT2D eigenvalue weighted by atomic mass is 35.5. The van der Waals surface area contributed by atoms with Gasteiger partial charge in [-0.05, 0) is 12.3 Å². The maximum absolute atomic E-state index is 8.38. The van der Waals surface area contributed by atoms with Crippen LogP contribution in [0.15, 0.2) is 0 Å². The lowest BCUT2D eigenvalue weighted by Gasteiger charge is -2.41. The van der Waals surface area contributed by atoms with Gasteiger partial charge in [-0.2, -0.15) is 0 Å². The Labute approximate surface area is 118 Å². The molecule has 5 heteroatoms. The molecule has 0 radical (unpaired) electrons. The molecule has 0 amide bonds. The van der Waals surface area contributed by atoms with Crippen LogP contribution in [0, 0.1) is 10.8 Å². The molecule has 0 saturated heterocycles. The SMILES string of the molecule is C[C@@H](N1CCc2nc(CCl)sc2C1=N)C(C)(C)C. The summed E-state index contributed by atoms with van der Waals surface area (Å²) in [5.74, 6) is 1.06. The fraction of sp³-hybridized carbons (Fsp3) is 0.692. The first-order valence-corrected chi connectivity index (χ1v) is 7.59. The minimum Gasteiger partial charge on any atom is -0.352 e. The van der Waals surface area contributed by atoms with Gasteiger partial charge in [0.15, 0.2) is 0 Å². The van der Waals surface area contributed by atoms with E-state index in [1.54, 1.807) is 11.3 Å². The first-order valence-electron chi connectivity index (χ1n) is 6.24. The Balaban J connectivity index is 2.28. The molecule has 2 heterocycles. The van der Waals surface area contributed by atoms with Gasteiger partial charge >= 0.3 is 0 Å². The van der Waals surface area contributed by atoms with E-state index in [0.717, 1.165) is 28.5 Å². The molecule has 1 aromatic heterocycles. The van der Waals surface area contributed by atoms with Gasteiger partial charge in [0, 0.05) is 19.0 Å². The van der Waals surface area contributed by atoms with Crippen LogP contribution >= 0.6 is 22.9 Å². The zero-order valence-electron chi connectivity index (χ0n) is 11.4. The van der Waals surface area contributed by atoms with Gasteiger partial charge in [-0.1, -0.05) is 20.8 Å². The molecule has 0 aromatic carbocycles. The summed E-state index contributed by atoms with van der Waals surface area (Å²) in [6.07, 6.45) is 0.922. The van der Waals surface area contributed by atoms with Crippen LogP contribution in [0.4, 0.5) is 0 Å². The average Bonchev–Trinajstić information content (AvgIpc) is 2.71. The molecule has 0 unspecified atom stereocenters. The number of nitrogens with one attached hydrogen (secondary N) is 1. The fourth-order valence-electron chi connectivity index (χ4n) is 2.14. The number of aromatic nitrogens is 1. The number of thiazole rings is 1. The predicted octanol–water partition coefficient (Wildman–Crippen LogP) is 3.50. The van der Waals surface area contributed by atoms with Gasteiger partial charge in [0.25, 0.3) is 0 Å². The molecule has 1 aromatic rings. The zero-order chi connectivity index (χ0) is 13.5. The molecule has 1 atom stereocenters. The number of alkyl halides is 1.